The molecule has 2 aromatic carbocycles. The summed E-state index contributed by atoms with van der Waals surface area (Å²) in [6.07, 6.45) is 0. The summed E-state index contributed by atoms with van der Waals surface area (Å²) in [5.74, 6) is 1.84. The first-order valence-electron chi connectivity index (χ1n) is 10.7. The van der Waals surface area contributed by atoms with Gasteiger partial charge in [0.25, 0.3) is 0 Å². The number of piperazine rings is 1. The Morgan fingerprint density at radius 2 is 1.65 bits per heavy atom. The predicted octanol–water partition coefficient (Wildman–Crippen LogP) is 3.39. The first kappa shape index (κ1) is 21.2. The van der Waals surface area contributed by atoms with Crippen LogP contribution in [0, 0.1) is 11.7 Å². The number of aromatic nitrogens is 4. The SMILES string of the molecule is COc1ccc(N2CCN(C(c3nnnn3Cc3ccc(F)cc3)C(C)C)CC2)cc1. The average molecular weight is 425 g/mol. The van der Waals surface area contributed by atoms with Crippen molar-refractivity contribution in [2.24, 2.45) is 5.92 Å². The standard InChI is InChI=1S/C23H29FN6O/c1-17(2)22(23-25-26-27-30(23)16-18-4-6-19(24)7-5-18)29-14-12-28(13-15-29)20-8-10-21(31-3)11-9-20/h4-11,17,22H,12-16H2,1-3H3. The van der Waals surface area contributed by atoms with Crippen LogP contribution in [0.3, 0.4) is 0 Å². The monoisotopic (exact) mass is 424 g/mol. The minimum Gasteiger partial charge on any atom is -0.497 e. The van der Waals surface area contributed by atoms with Crippen LogP contribution in [-0.2, 0) is 6.54 Å². The van der Waals surface area contributed by atoms with E-state index in [1.807, 2.05) is 16.8 Å². The van der Waals surface area contributed by atoms with Gasteiger partial charge in [0.1, 0.15) is 11.6 Å². The molecule has 1 aliphatic rings. The Labute approximate surface area is 182 Å². The van der Waals surface area contributed by atoms with Gasteiger partial charge < -0.3 is 9.64 Å². The van der Waals surface area contributed by atoms with Gasteiger partial charge in [-0.1, -0.05) is 26.0 Å². The molecule has 1 aromatic heterocycles. The van der Waals surface area contributed by atoms with Crippen LogP contribution in [0.1, 0.15) is 31.3 Å². The molecule has 164 valence electrons. The highest BCUT2D eigenvalue weighted by Gasteiger charge is 2.31. The molecule has 1 aliphatic heterocycles. The Morgan fingerprint density at radius 3 is 2.26 bits per heavy atom. The van der Waals surface area contributed by atoms with Crippen LogP contribution in [0.15, 0.2) is 48.5 Å². The number of tetrazole rings is 1. The second-order valence-corrected chi connectivity index (χ2v) is 8.23. The zero-order valence-electron chi connectivity index (χ0n) is 18.3. The predicted molar refractivity (Wildman–Crippen MR) is 118 cm³/mol. The Bertz CT molecular complexity index is 964. The van der Waals surface area contributed by atoms with Gasteiger partial charge in [0, 0.05) is 31.9 Å². The van der Waals surface area contributed by atoms with Crippen molar-refractivity contribution >= 4 is 5.69 Å². The molecule has 0 spiro atoms. The normalized spacial score (nSPS) is 16.0. The van der Waals surface area contributed by atoms with Crippen LogP contribution < -0.4 is 9.64 Å². The van der Waals surface area contributed by atoms with Crippen LogP contribution >= 0.6 is 0 Å². The molecule has 0 N–H and O–H groups in total. The Hall–Kier alpha value is -3.00. The van der Waals surface area contributed by atoms with Gasteiger partial charge in [-0.15, -0.1) is 5.10 Å². The summed E-state index contributed by atoms with van der Waals surface area (Å²) < 4.78 is 20.4. The average Bonchev–Trinajstić information content (AvgIpc) is 3.23. The maximum Gasteiger partial charge on any atom is 0.169 e. The smallest absolute Gasteiger partial charge is 0.169 e. The largest absolute Gasteiger partial charge is 0.497 e. The molecule has 3 aromatic rings. The fourth-order valence-corrected chi connectivity index (χ4v) is 4.23. The van der Waals surface area contributed by atoms with E-state index in [2.05, 4.69) is 51.3 Å². The van der Waals surface area contributed by atoms with Gasteiger partial charge in [0.15, 0.2) is 5.82 Å². The lowest BCUT2D eigenvalue weighted by Crippen LogP contribution is -2.49. The molecule has 1 atom stereocenters. The molecule has 1 fully saturated rings. The molecule has 1 saturated heterocycles. The molecule has 0 radical (unpaired) electrons. The molecule has 31 heavy (non-hydrogen) atoms. The molecule has 8 heteroatoms. The highest BCUT2D eigenvalue weighted by Crippen LogP contribution is 2.29. The van der Waals surface area contributed by atoms with E-state index in [9.17, 15) is 4.39 Å². The highest BCUT2D eigenvalue weighted by molar-refractivity contribution is 5.49. The summed E-state index contributed by atoms with van der Waals surface area (Å²) in [7, 11) is 1.68. The molecular formula is C23H29FN6O. The molecule has 4 rings (SSSR count). The van der Waals surface area contributed by atoms with Gasteiger partial charge in [-0.05, 0) is 58.3 Å². The number of hydrogen-bond acceptors (Lipinski definition) is 6. The molecule has 0 bridgehead atoms. The minimum atomic E-state index is -0.240. The van der Waals surface area contributed by atoms with Gasteiger partial charge in [0.05, 0.1) is 19.7 Å². The van der Waals surface area contributed by atoms with Crippen molar-refractivity contribution in [2.75, 3.05) is 38.2 Å². The summed E-state index contributed by atoms with van der Waals surface area (Å²) in [5.41, 5.74) is 2.18. The Kier molecular flexibility index (Phi) is 6.46. The third-order valence-electron chi connectivity index (χ3n) is 5.85. The molecule has 2 heterocycles. The fraction of sp³-hybridized carbons (Fsp3) is 0.435. The minimum absolute atomic E-state index is 0.119. The van der Waals surface area contributed by atoms with E-state index in [-0.39, 0.29) is 11.9 Å². The van der Waals surface area contributed by atoms with Crippen LogP contribution in [0.25, 0.3) is 0 Å². The number of rotatable bonds is 7. The maximum atomic E-state index is 13.2. The van der Waals surface area contributed by atoms with Crippen molar-refractivity contribution in [1.29, 1.82) is 0 Å². The molecule has 0 saturated carbocycles. The van der Waals surface area contributed by atoms with E-state index in [0.717, 1.165) is 43.3 Å². The van der Waals surface area contributed by atoms with E-state index in [1.54, 1.807) is 19.2 Å². The van der Waals surface area contributed by atoms with Gasteiger partial charge in [0.2, 0.25) is 0 Å². The van der Waals surface area contributed by atoms with Crippen LogP contribution in [0.4, 0.5) is 10.1 Å². The number of hydrogen-bond donors (Lipinski definition) is 0. The van der Waals surface area contributed by atoms with E-state index in [1.165, 1.54) is 17.8 Å². The molecular weight excluding hydrogens is 395 g/mol. The van der Waals surface area contributed by atoms with E-state index >= 15 is 0 Å². The zero-order chi connectivity index (χ0) is 21.8. The molecule has 0 amide bonds. The third kappa shape index (κ3) is 4.85. The highest BCUT2D eigenvalue weighted by atomic mass is 19.1. The van der Waals surface area contributed by atoms with Gasteiger partial charge in [-0.25, -0.2) is 9.07 Å². The number of nitrogens with zero attached hydrogens (tertiary/aromatic N) is 6. The quantitative estimate of drug-likeness (QED) is 0.580. The van der Waals surface area contributed by atoms with Crippen LogP contribution in [0.2, 0.25) is 0 Å². The second kappa shape index (κ2) is 9.43. The van der Waals surface area contributed by atoms with Gasteiger partial charge >= 0.3 is 0 Å². The van der Waals surface area contributed by atoms with Crippen molar-refractivity contribution in [1.82, 2.24) is 25.1 Å². The van der Waals surface area contributed by atoms with Gasteiger partial charge in [-0.2, -0.15) is 0 Å². The topological polar surface area (TPSA) is 59.3 Å². The first-order chi connectivity index (χ1) is 15.0. The second-order valence-electron chi connectivity index (χ2n) is 8.23. The van der Waals surface area contributed by atoms with E-state index in [4.69, 9.17) is 4.74 Å². The third-order valence-corrected chi connectivity index (χ3v) is 5.85. The van der Waals surface area contributed by atoms with Crippen molar-refractivity contribution in [3.63, 3.8) is 0 Å². The van der Waals surface area contributed by atoms with Crippen LogP contribution in [0.5, 0.6) is 5.75 Å². The molecule has 0 aliphatic carbocycles. The number of halogens is 1. The number of methoxy groups -OCH3 is 1. The van der Waals surface area contributed by atoms with E-state index in [0.29, 0.717) is 12.5 Å². The number of benzene rings is 2. The Morgan fingerprint density at radius 1 is 0.968 bits per heavy atom. The Balaban J connectivity index is 1.46. The lowest BCUT2D eigenvalue weighted by atomic mass is 10.0. The summed E-state index contributed by atoms with van der Waals surface area (Å²) in [6.45, 7) is 8.67. The molecule has 7 nitrogen and oxygen atoms in total. The number of anilines is 1. The van der Waals surface area contributed by atoms with E-state index < -0.39 is 0 Å². The first-order valence-corrected chi connectivity index (χ1v) is 10.7. The summed E-state index contributed by atoms with van der Waals surface area (Å²) >= 11 is 0. The fourth-order valence-electron chi connectivity index (χ4n) is 4.23. The van der Waals surface area contributed by atoms with Crippen LogP contribution in [-0.4, -0.2) is 58.4 Å². The van der Waals surface area contributed by atoms with Crippen molar-refractivity contribution in [2.45, 2.75) is 26.4 Å². The van der Waals surface area contributed by atoms with Crippen molar-refractivity contribution < 1.29 is 9.13 Å². The lowest BCUT2D eigenvalue weighted by Gasteiger charge is -2.41. The molecule has 1 unspecified atom stereocenters. The van der Waals surface area contributed by atoms with Crippen molar-refractivity contribution in [3.05, 3.63) is 65.7 Å². The van der Waals surface area contributed by atoms with Crippen molar-refractivity contribution in [3.8, 4) is 5.75 Å². The zero-order valence-corrected chi connectivity index (χ0v) is 18.3. The summed E-state index contributed by atoms with van der Waals surface area (Å²) in [5, 5.41) is 12.6. The maximum absolute atomic E-state index is 13.2. The summed E-state index contributed by atoms with van der Waals surface area (Å²) in [6, 6.07) is 14.8. The summed E-state index contributed by atoms with van der Waals surface area (Å²) in [4.78, 5) is 4.87. The van der Waals surface area contributed by atoms with Gasteiger partial charge in [-0.3, -0.25) is 4.90 Å². The lowest BCUT2D eigenvalue weighted by molar-refractivity contribution is 0.135. The number of ether oxygens (including phenoxy) is 1.